The van der Waals surface area contributed by atoms with Gasteiger partial charge < -0.3 is 9.64 Å². The van der Waals surface area contributed by atoms with E-state index < -0.39 is 12.1 Å². The highest BCUT2D eigenvalue weighted by Crippen LogP contribution is 2.51. The van der Waals surface area contributed by atoms with Crippen molar-refractivity contribution in [2.24, 2.45) is 22.2 Å². The SMILES string of the molecule is COC(=NC(=C1CC1)c1ccc(C(=O)CCC2(CN3CC4CCC(C4)C3)CC2)cc1)C(F)(F)F. The average molecular weight is 475 g/mol. The summed E-state index contributed by atoms with van der Waals surface area (Å²) in [5, 5.41) is 0. The number of carbonyl (C=O) groups excluding carboxylic acids is 1. The fourth-order valence-electron chi connectivity index (χ4n) is 5.89. The number of methoxy groups -OCH3 is 1. The van der Waals surface area contributed by atoms with Gasteiger partial charge in [-0.25, -0.2) is 4.99 Å². The summed E-state index contributed by atoms with van der Waals surface area (Å²) in [5.74, 6) is 0.614. The van der Waals surface area contributed by atoms with Crippen LogP contribution in [0.25, 0.3) is 5.70 Å². The number of hydrogen-bond donors (Lipinski definition) is 0. The maximum Gasteiger partial charge on any atom is 0.468 e. The van der Waals surface area contributed by atoms with Crippen LogP contribution >= 0.6 is 0 Å². The number of alkyl halides is 3. The highest BCUT2D eigenvalue weighted by molar-refractivity contribution is 5.96. The lowest BCUT2D eigenvalue weighted by Gasteiger charge is -2.34. The summed E-state index contributed by atoms with van der Waals surface area (Å²) in [6.45, 7) is 3.59. The van der Waals surface area contributed by atoms with Crippen molar-refractivity contribution in [1.29, 1.82) is 0 Å². The fourth-order valence-corrected chi connectivity index (χ4v) is 5.89. The van der Waals surface area contributed by atoms with E-state index >= 15 is 0 Å². The molecule has 4 fully saturated rings. The number of hydrogen-bond acceptors (Lipinski definition) is 4. The standard InChI is InChI=1S/C27H33F3N2O2/c1-34-25(27(28,29)30)31-24(22-8-9-22)21-6-4-20(5-7-21)23(33)10-11-26(12-13-26)17-32-15-18-2-3-19(14-18)16-32/h4-7,18-19H,2-3,8-17H2,1H3. The number of halogens is 3. The van der Waals surface area contributed by atoms with E-state index in [4.69, 9.17) is 0 Å². The van der Waals surface area contributed by atoms with E-state index in [-0.39, 0.29) is 5.78 Å². The van der Waals surface area contributed by atoms with Crippen molar-refractivity contribution in [1.82, 2.24) is 4.90 Å². The number of ketones is 1. The van der Waals surface area contributed by atoms with Crippen LogP contribution in [0.2, 0.25) is 0 Å². The summed E-state index contributed by atoms with van der Waals surface area (Å²) in [6, 6.07) is 6.85. The Hall–Kier alpha value is -2.15. The normalized spacial score (nSPS) is 25.9. The number of ether oxygens (including phenoxy) is 1. The molecule has 0 spiro atoms. The number of carbonyl (C=O) groups is 1. The van der Waals surface area contributed by atoms with Crippen molar-refractivity contribution in [3.05, 3.63) is 41.0 Å². The molecule has 3 saturated carbocycles. The maximum absolute atomic E-state index is 13.1. The van der Waals surface area contributed by atoms with E-state index in [1.807, 2.05) is 0 Å². The first-order valence-corrected chi connectivity index (χ1v) is 12.5. The minimum absolute atomic E-state index is 0.105. The van der Waals surface area contributed by atoms with E-state index in [0.29, 0.717) is 28.7 Å². The Morgan fingerprint density at radius 1 is 1.09 bits per heavy atom. The number of Topliss-reactive ketones (excluding diaryl/α,β-unsaturated/α-hetero) is 1. The second-order valence-corrected chi connectivity index (χ2v) is 10.8. The summed E-state index contributed by atoms with van der Waals surface area (Å²) in [5.41, 5.74) is 2.68. The van der Waals surface area contributed by atoms with Crippen LogP contribution in [0.1, 0.15) is 73.7 Å². The van der Waals surface area contributed by atoms with Gasteiger partial charge in [0.2, 0.25) is 0 Å². The quantitative estimate of drug-likeness (QED) is 0.253. The average Bonchev–Trinajstić information content (AvgIpc) is 3.73. The Balaban J connectivity index is 1.20. The van der Waals surface area contributed by atoms with Gasteiger partial charge in [0.1, 0.15) is 0 Å². The second kappa shape index (κ2) is 9.14. The van der Waals surface area contributed by atoms with Gasteiger partial charge in [-0.05, 0) is 74.2 Å². The maximum atomic E-state index is 13.1. The largest absolute Gasteiger partial charge is 0.478 e. The molecule has 1 aliphatic heterocycles. The Kier molecular flexibility index (Phi) is 6.34. The summed E-state index contributed by atoms with van der Waals surface area (Å²) in [4.78, 5) is 19.3. The smallest absolute Gasteiger partial charge is 0.468 e. The van der Waals surface area contributed by atoms with Crippen LogP contribution in [-0.4, -0.2) is 49.5 Å². The molecule has 2 unspecified atom stereocenters. The molecule has 4 aliphatic rings. The Bertz CT molecular complexity index is 974. The molecule has 0 radical (unpaired) electrons. The molecule has 0 aromatic heterocycles. The monoisotopic (exact) mass is 474 g/mol. The van der Waals surface area contributed by atoms with Gasteiger partial charge in [0.05, 0.1) is 12.8 Å². The first-order chi connectivity index (χ1) is 16.2. The Morgan fingerprint density at radius 2 is 1.71 bits per heavy atom. The molecule has 0 N–H and O–H groups in total. The number of benzene rings is 1. The topological polar surface area (TPSA) is 41.9 Å². The van der Waals surface area contributed by atoms with Gasteiger partial charge in [0.25, 0.3) is 5.90 Å². The molecule has 2 bridgehead atoms. The summed E-state index contributed by atoms with van der Waals surface area (Å²) in [7, 11) is 0.978. The summed E-state index contributed by atoms with van der Waals surface area (Å²) < 4.78 is 43.8. The molecule has 4 nitrogen and oxygen atoms in total. The molecule has 5 rings (SSSR count). The van der Waals surface area contributed by atoms with Crippen LogP contribution in [0.4, 0.5) is 13.2 Å². The first-order valence-electron chi connectivity index (χ1n) is 12.5. The summed E-state index contributed by atoms with van der Waals surface area (Å²) >= 11 is 0. The van der Waals surface area contributed by atoms with Crippen LogP contribution in [0.3, 0.4) is 0 Å². The van der Waals surface area contributed by atoms with E-state index in [1.54, 1.807) is 24.3 Å². The highest BCUT2D eigenvalue weighted by atomic mass is 19.4. The van der Waals surface area contributed by atoms with Crippen LogP contribution in [0.5, 0.6) is 0 Å². The number of likely N-dealkylation sites (tertiary alicyclic amines) is 1. The van der Waals surface area contributed by atoms with Crippen LogP contribution in [0.15, 0.2) is 34.8 Å². The first kappa shape index (κ1) is 23.6. The number of aliphatic imine (C=N–C) groups is 1. The minimum Gasteiger partial charge on any atom is -0.478 e. The Labute approximate surface area is 199 Å². The van der Waals surface area contributed by atoms with E-state index in [1.165, 1.54) is 45.2 Å². The van der Waals surface area contributed by atoms with Crippen molar-refractivity contribution in [3.8, 4) is 0 Å². The summed E-state index contributed by atoms with van der Waals surface area (Å²) in [6.07, 6.45) is 4.86. The van der Waals surface area contributed by atoms with Crippen LogP contribution < -0.4 is 0 Å². The van der Waals surface area contributed by atoms with Gasteiger partial charge in [0, 0.05) is 37.2 Å². The zero-order chi connectivity index (χ0) is 23.9. The minimum atomic E-state index is -4.64. The number of allylic oxidation sites excluding steroid dienone is 1. The number of piperidine rings is 1. The van der Waals surface area contributed by atoms with Crippen LogP contribution in [0, 0.1) is 17.3 Å². The molecule has 2 atom stereocenters. The third-order valence-electron chi connectivity index (χ3n) is 8.05. The molecular weight excluding hydrogens is 441 g/mol. The molecule has 0 amide bonds. The third kappa shape index (κ3) is 5.40. The lowest BCUT2D eigenvalue weighted by molar-refractivity contribution is -0.0754. The van der Waals surface area contributed by atoms with Crippen molar-refractivity contribution >= 4 is 17.4 Å². The van der Waals surface area contributed by atoms with E-state index in [0.717, 1.165) is 50.3 Å². The fraction of sp³-hybridized carbons (Fsp3) is 0.630. The van der Waals surface area contributed by atoms with Gasteiger partial charge in [-0.3, -0.25) is 4.79 Å². The van der Waals surface area contributed by atoms with Gasteiger partial charge in [-0.15, -0.1) is 0 Å². The molecule has 34 heavy (non-hydrogen) atoms. The molecule has 7 heteroatoms. The zero-order valence-corrected chi connectivity index (χ0v) is 19.8. The number of nitrogens with zero attached hydrogens (tertiary/aromatic N) is 2. The van der Waals surface area contributed by atoms with Crippen LogP contribution in [-0.2, 0) is 4.74 Å². The van der Waals surface area contributed by atoms with Gasteiger partial charge in [-0.1, -0.05) is 24.3 Å². The Morgan fingerprint density at radius 3 is 2.24 bits per heavy atom. The molecule has 1 aromatic rings. The number of fused-ring (bicyclic) bond motifs is 2. The highest BCUT2D eigenvalue weighted by Gasteiger charge is 2.45. The lowest BCUT2D eigenvalue weighted by Crippen LogP contribution is -2.40. The van der Waals surface area contributed by atoms with Gasteiger partial charge in [-0.2, -0.15) is 13.2 Å². The van der Waals surface area contributed by atoms with Crippen molar-refractivity contribution in [3.63, 3.8) is 0 Å². The molecule has 1 heterocycles. The second-order valence-electron chi connectivity index (χ2n) is 10.8. The van der Waals surface area contributed by atoms with E-state index in [2.05, 4.69) is 14.6 Å². The van der Waals surface area contributed by atoms with Crippen molar-refractivity contribution in [2.75, 3.05) is 26.7 Å². The zero-order valence-electron chi connectivity index (χ0n) is 19.8. The lowest BCUT2D eigenvalue weighted by atomic mass is 9.92. The third-order valence-corrected chi connectivity index (χ3v) is 8.05. The van der Waals surface area contributed by atoms with Crippen molar-refractivity contribution < 1.29 is 22.7 Å². The molecule has 184 valence electrons. The molecular formula is C27H33F3N2O2. The van der Waals surface area contributed by atoms with Crippen molar-refractivity contribution in [2.45, 2.75) is 64.0 Å². The predicted octanol–water partition coefficient (Wildman–Crippen LogP) is 6.27. The predicted molar refractivity (Wildman–Crippen MR) is 126 cm³/mol. The van der Waals surface area contributed by atoms with Gasteiger partial charge >= 0.3 is 6.18 Å². The molecule has 3 aliphatic carbocycles. The molecule has 1 saturated heterocycles. The molecule has 1 aromatic carbocycles. The number of rotatable bonds is 8. The van der Waals surface area contributed by atoms with Gasteiger partial charge in [0.15, 0.2) is 5.78 Å². The van der Waals surface area contributed by atoms with E-state index in [9.17, 15) is 18.0 Å².